The van der Waals surface area contributed by atoms with Gasteiger partial charge in [-0.3, -0.25) is 4.79 Å². The molecular formula is C23H30ClN3O3S. The molecule has 0 saturated carbocycles. The van der Waals surface area contributed by atoms with E-state index in [-0.39, 0.29) is 28.3 Å². The zero-order valence-electron chi connectivity index (χ0n) is 18.1. The van der Waals surface area contributed by atoms with Gasteiger partial charge >= 0.3 is 0 Å². The number of rotatable bonds is 8. The zero-order valence-corrected chi connectivity index (χ0v) is 19.6. The molecule has 0 bridgehead atoms. The molecule has 1 saturated heterocycles. The SMILES string of the molecule is Cc1cccc(Cl)c1S(=O)(=O)N1CCCC(C(=O)NCCCN(C)c2ccccc2)C1. The molecular weight excluding hydrogens is 434 g/mol. The fourth-order valence-electron chi connectivity index (χ4n) is 3.93. The molecule has 1 heterocycles. The highest BCUT2D eigenvalue weighted by atomic mass is 35.5. The molecule has 1 atom stereocenters. The fraction of sp³-hybridized carbons (Fsp3) is 0.435. The van der Waals surface area contributed by atoms with Gasteiger partial charge in [-0.05, 0) is 49.9 Å². The van der Waals surface area contributed by atoms with Gasteiger partial charge < -0.3 is 10.2 Å². The quantitative estimate of drug-likeness (QED) is 0.606. The Kier molecular flexibility index (Phi) is 7.97. The minimum Gasteiger partial charge on any atom is -0.375 e. The summed E-state index contributed by atoms with van der Waals surface area (Å²) in [5, 5.41) is 3.20. The summed E-state index contributed by atoms with van der Waals surface area (Å²) in [7, 11) is -1.72. The normalized spacial score (nSPS) is 17.3. The summed E-state index contributed by atoms with van der Waals surface area (Å²) in [6.45, 7) is 3.70. The van der Waals surface area contributed by atoms with Crippen LogP contribution < -0.4 is 10.2 Å². The van der Waals surface area contributed by atoms with Crippen LogP contribution in [0, 0.1) is 12.8 Å². The summed E-state index contributed by atoms with van der Waals surface area (Å²) in [5.41, 5.74) is 1.75. The van der Waals surface area contributed by atoms with Crippen molar-refractivity contribution in [2.45, 2.75) is 31.1 Å². The molecule has 2 aromatic rings. The number of sulfonamides is 1. The monoisotopic (exact) mass is 463 g/mol. The highest BCUT2D eigenvalue weighted by Crippen LogP contribution is 2.30. The van der Waals surface area contributed by atoms with Gasteiger partial charge in [0.2, 0.25) is 15.9 Å². The second-order valence-electron chi connectivity index (χ2n) is 7.99. The molecule has 1 amide bonds. The van der Waals surface area contributed by atoms with Crippen LogP contribution in [0.2, 0.25) is 5.02 Å². The van der Waals surface area contributed by atoms with Crippen molar-refractivity contribution in [1.29, 1.82) is 0 Å². The van der Waals surface area contributed by atoms with Crippen LogP contribution in [-0.2, 0) is 14.8 Å². The zero-order chi connectivity index (χ0) is 22.4. The van der Waals surface area contributed by atoms with Crippen molar-refractivity contribution in [3.63, 3.8) is 0 Å². The number of halogens is 1. The maximum absolute atomic E-state index is 13.2. The first kappa shape index (κ1) is 23.6. The molecule has 1 aliphatic rings. The molecule has 0 aliphatic carbocycles. The second-order valence-corrected chi connectivity index (χ2v) is 10.3. The molecule has 0 radical (unpaired) electrons. The molecule has 8 heteroatoms. The van der Waals surface area contributed by atoms with Gasteiger partial charge in [-0.25, -0.2) is 8.42 Å². The van der Waals surface area contributed by atoms with Crippen LogP contribution in [-0.4, -0.2) is 51.9 Å². The number of nitrogens with zero attached hydrogens (tertiary/aromatic N) is 2. The lowest BCUT2D eigenvalue weighted by molar-refractivity contribution is -0.126. The topological polar surface area (TPSA) is 69.7 Å². The summed E-state index contributed by atoms with van der Waals surface area (Å²) >= 11 is 6.20. The Balaban J connectivity index is 1.53. The minimum atomic E-state index is -3.74. The summed E-state index contributed by atoms with van der Waals surface area (Å²) in [4.78, 5) is 15.0. The molecule has 1 N–H and O–H groups in total. The maximum atomic E-state index is 13.2. The van der Waals surface area contributed by atoms with E-state index in [4.69, 9.17) is 11.6 Å². The van der Waals surface area contributed by atoms with Crippen LogP contribution in [0.15, 0.2) is 53.4 Å². The molecule has 2 aromatic carbocycles. The first-order chi connectivity index (χ1) is 14.8. The average Bonchev–Trinajstić information content (AvgIpc) is 2.77. The summed E-state index contributed by atoms with van der Waals surface area (Å²) in [5.74, 6) is -0.434. The van der Waals surface area contributed by atoms with Crippen molar-refractivity contribution >= 4 is 33.2 Å². The first-order valence-electron chi connectivity index (χ1n) is 10.6. The second kappa shape index (κ2) is 10.5. The molecule has 3 rings (SSSR count). The number of amides is 1. The van der Waals surface area contributed by atoms with E-state index in [9.17, 15) is 13.2 Å². The van der Waals surface area contributed by atoms with Crippen LogP contribution in [0.4, 0.5) is 5.69 Å². The van der Waals surface area contributed by atoms with Crippen molar-refractivity contribution in [2.24, 2.45) is 5.92 Å². The summed E-state index contributed by atoms with van der Waals surface area (Å²) in [6.07, 6.45) is 2.14. The summed E-state index contributed by atoms with van der Waals surface area (Å²) < 4.78 is 27.7. The van der Waals surface area contributed by atoms with Crippen LogP contribution in [0.25, 0.3) is 0 Å². The number of carbonyl (C=O) groups excluding carboxylic acids is 1. The van der Waals surface area contributed by atoms with Gasteiger partial charge in [-0.2, -0.15) is 4.31 Å². The van der Waals surface area contributed by atoms with Gasteiger partial charge in [0.25, 0.3) is 0 Å². The van der Waals surface area contributed by atoms with Crippen molar-refractivity contribution in [1.82, 2.24) is 9.62 Å². The predicted molar refractivity (Wildman–Crippen MR) is 125 cm³/mol. The molecule has 1 aliphatic heterocycles. The molecule has 0 aromatic heterocycles. The maximum Gasteiger partial charge on any atom is 0.244 e. The number of benzene rings is 2. The van der Waals surface area contributed by atoms with E-state index in [0.29, 0.717) is 31.5 Å². The van der Waals surface area contributed by atoms with Crippen LogP contribution in [0.3, 0.4) is 0 Å². The van der Waals surface area contributed by atoms with Gasteiger partial charge in [0.05, 0.1) is 10.9 Å². The summed E-state index contributed by atoms with van der Waals surface area (Å²) in [6, 6.07) is 15.1. The van der Waals surface area contributed by atoms with E-state index in [1.807, 2.05) is 25.2 Å². The third-order valence-electron chi connectivity index (χ3n) is 5.68. The van der Waals surface area contributed by atoms with E-state index in [0.717, 1.165) is 18.7 Å². The Bertz CT molecular complexity index is 978. The number of carbonyl (C=O) groups is 1. The number of piperidine rings is 1. The predicted octanol–water partition coefficient (Wildman–Crippen LogP) is 3.69. The van der Waals surface area contributed by atoms with Crippen molar-refractivity contribution in [2.75, 3.05) is 38.1 Å². The van der Waals surface area contributed by atoms with Crippen LogP contribution in [0.1, 0.15) is 24.8 Å². The Morgan fingerprint density at radius 3 is 2.65 bits per heavy atom. The van der Waals surface area contributed by atoms with Crippen molar-refractivity contribution < 1.29 is 13.2 Å². The smallest absolute Gasteiger partial charge is 0.244 e. The van der Waals surface area contributed by atoms with Gasteiger partial charge in [-0.1, -0.05) is 41.9 Å². The average molecular weight is 464 g/mol. The largest absolute Gasteiger partial charge is 0.375 e. The highest BCUT2D eigenvalue weighted by Gasteiger charge is 2.34. The standard InChI is InChI=1S/C23H30ClN3O3S/c1-18-9-6-13-21(24)22(18)31(29,30)27-16-7-10-19(17-27)23(28)25-14-8-15-26(2)20-11-4-3-5-12-20/h3-6,9,11-13,19H,7-8,10,14-17H2,1-2H3,(H,25,28). The third kappa shape index (κ3) is 5.79. The number of anilines is 1. The van der Waals surface area contributed by atoms with Crippen molar-refractivity contribution in [3.8, 4) is 0 Å². The van der Waals surface area contributed by atoms with Crippen LogP contribution in [0.5, 0.6) is 0 Å². The van der Waals surface area contributed by atoms with E-state index >= 15 is 0 Å². The number of hydrogen-bond acceptors (Lipinski definition) is 4. The van der Waals surface area contributed by atoms with E-state index < -0.39 is 10.0 Å². The van der Waals surface area contributed by atoms with E-state index in [2.05, 4.69) is 22.3 Å². The van der Waals surface area contributed by atoms with Gasteiger partial charge in [-0.15, -0.1) is 0 Å². The number of nitrogens with one attached hydrogen (secondary N) is 1. The highest BCUT2D eigenvalue weighted by molar-refractivity contribution is 7.89. The Hall–Kier alpha value is -2.09. The molecule has 0 spiro atoms. The Labute approximate surface area is 190 Å². The third-order valence-corrected chi connectivity index (χ3v) is 8.18. The fourth-order valence-corrected chi connectivity index (χ4v) is 6.24. The van der Waals surface area contributed by atoms with Crippen LogP contribution >= 0.6 is 11.6 Å². The lowest BCUT2D eigenvalue weighted by atomic mass is 9.99. The number of para-hydroxylation sites is 1. The molecule has 1 fully saturated rings. The van der Waals surface area contributed by atoms with Gasteiger partial charge in [0, 0.05) is 38.9 Å². The first-order valence-corrected chi connectivity index (χ1v) is 12.4. The number of hydrogen-bond donors (Lipinski definition) is 1. The van der Waals surface area contributed by atoms with Gasteiger partial charge in [0.1, 0.15) is 4.90 Å². The van der Waals surface area contributed by atoms with E-state index in [1.165, 1.54) is 4.31 Å². The number of aryl methyl sites for hydroxylation is 1. The molecule has 1 unspecified atom stereocenters. The molecule has 168 valence electrons. The van der Waals surface area contributed by atoms with Crippen molar-refractivity contribution in [3.05, 3.63) is 59.1 Å². The Morgan fingerprint density at radius 2 is 1.94 bits per heavy atom. The lowest BCUT2D eigenvalue weighted by Gasteiger charge is -2.32. The Morgan fingerprint density at radius 1 is 1.19 bits per heavy atom. The minimum absolute atomic E-state index is 0.0851. The molecule has 6 nitrogen and oxygen atoms in total. The van der Waals surface area contributed by atoms with E-state index in [1.54, 1.807) is 25.1 Å². The molecule has 31 heavy (non-hydrogen) atoms. The lowest BCUT2D eigenvalue weighted by Crippen LogP contribution is -2.45. The van der Waals surface area contributed by atoms with Gasteiger partial charge in [0.15, 0.2) is 0 Å².